The Hall–Kier alpha value is -2.53. The van der Waals surface area contributed by atoms with Gasteiger partial charge in [0.25, 0.3) is 0 Å². The average Bonchev–Trinajstić information content (AvgIpc) is 2.94. The van der Waals surface area contributed by atoms with Gasteiger partial charge in [-0.05, 0) is 54.1 Å². The van der Waals surface area contributed by atoms with E-state index < -0.39 is 0 Å². The topological polar surface area (TPSA) is 18.8 Å². The number of benzene rings is 2. The summed E-state index contributed by atoms with van der Waals surface area (Å²) in [6, 6.07) is 13.3. The number of likely N-dealkylation sites (tertiary alicyclic amines) is 1. The second-order valence-electron chi connectivity index (χ2n) is 7.08. The van der Waals surface area contributed by atoms with Crippen molar-refractivity contribution in [3.8, 4) is 0 Å². The molecule has 134 valence electrons. The molecule has 26 heavy (non-hydrogen) atoms. The largest absolute Gasteiger partial charge is 0.301 e. The van der Waals surface area contributed by atoms with Gasteiger partial charge in [0, 0.05) is 26.1 Å². The fourth-order valence-electron chi connectivity index (χ4n) is 3.96. The average molecular weight is 353 g/mol. The molecule has 0 bridgehead atoms. The van der Waals surface area contributed by atoms with E-state index >= 15 is 0 Å². The summed E-state index contributed by atoms with van der Waals surface area (Å²) >= 11 is 0. The molecule has 0 amide bonds. The Morgan fingerprint density at radius 3 is 2.23 bits per heavy atom. The van der Waals surface area contributed by atoms with Gasteiger partial charge in [0.2, 0.25) is 0 Å². The Kier molecular flexibility index (Phi) is 4.32. The number of piperidine rings is 1. The molecular formula is C21H21F2N3. The molecule has 2 aromatic carbocycles. The van der Waals surface area contributed by atoms with E-state index in [1.165, 1.54) is 24.3 Å². The standard InChI is InChI=1S/C21H21F2N3/c1-25-12-16(11-14-3-7-17(22)8-4-14)20-19(13-25)21(26(2)24-20)15-5-9-18(23)10-6-15/h3-11,19,21H,12-13H2,1-2H3/b16-11+/t19-,21+/m0/s1. The smallest absolute Gasteiger partial charge is 0.123 e. The maximum Gasteiger partial charge on any atom is 0.123 e. The van der Waals surface area contributed by atoms with Crippen molar-refractivity contribution in [3.63, 3.8) is 0 Å². The van der Waals surface area contributed by atoms with Gasteiger partial charge in [0.1, 0.15) is 11.6 Å². The lowest BCUT2D eigenvalue weighted by molar-refractivity contribution is 0.211. The third kappa shape index (κ3) is 3.15. The fourth-order valence-corrected chi connectivity index (χ4v) is 3.96. The molecule has 2 aliphatic heterocycles. The van der Waals surface area contributed by atoms with Crippen LogP contribution in [0, 0.1) is 17.6 Å². The van der Waals surface area contributed by atoms with Crippen LogP contribution < -0.4 is 0 Å². The van der Waals surface area contributed by atoms with E-state index in [9.17, 15) is 8.78 Å². The minimum atomic E-state index is -0.236. The van der Waals surface area contributed by atoms with Gasteiger partial charge in [-0.2, -0.15) is 5.10 Å². The van der Waals surface area contributed by atoms with E-state index in [1.54, 1.807) is 12.1 Å². The molecule has 1 fully saturated rings. The zero-order valence-electron chi connectivity index (χ0n) is 14.9. The number of fused-ring (bicyclic) bond motifs is 1. The van der Waals surface area contributed by atoms with Crippen LogP contribution in [0.25, 0.3) is 6.08 Å². The van der Waals surface area contributed by atoms with Crippen LogP contribution in [0.5, 0.6) is 0 Å². The van der Waals surface area contributed by atoms with Gasteiger partial charge in [-0.1, -0.05) is 24.3 Å². The van der Waals surface area contributed by atoms with Crippen LogP contribution in [0.4, 0.5) is 8.78 Å². The van der Waals surface area contributed by atoms with Crippen LogP contribution in [0.1, 0.15) is 17.2 Å². The third-order valence-electron chi connectivity index (χ3n) is 5.10. The summed E-state index contributed by atoms with van der Waals surface area (Å²) in [6.45, 7) is 1.70. The molecule has 2 heterocycles. The molecule has 2 aromatic rings. The van der Waals surface area contributed by atoms with E-state index in [-0.39, 0.29) is 23.6 Å². The summed E-state index contributed by atoms with van der Waals surface area (Å²) in [5.41, 5.74) is 4.25. The van der Waals surface area contributed by atoms with Crippen molar-refractivity contribution in [2.75, 3.05) is 27.2 Å². The normalized spacial score (nSPS) is 24.7. The summed E-state index contributed by atoms with van der Waals surface area (Å²) in [6.07, 6.45) is 2.09. The summed E-state index contributed by atoms with van der Waals surface area (Å²) < 4.78 is 26.5. The van der Waals surface area contributed by atoms with Crippen LogP contribution in [0.3, 0.4) is 0 Å². The first-order valence-corrected chi connectivity index (χ1v) is 8.73. The number of hydrogen-bond donors (Lipinski definition) is 0. The molecule has 0 N–H and O–H groups in total. The summed E-state index contributed by atoms with van der Waals surface area (Å²) in [7, 11) is 4.06. The third-order valence-corrected chi connectivity index (χ3v) is 5.10. The van der Waals surface area contributed by atoms with E-state index in [0.29, 0.717) is 0 Å². The lowest BCUT2D eigenvalue weighted by atomic mass is 9.83. The lowest BCUT2D eigenvalue weighted by Crippen LogP contribution is -2.41. The summed E-state index contributed by atoms with van der Waals surface area (Å²) in [4.78, 5) is 2.27. The van der Waals surface area contributed by atoms with Crippen LogP contribution in [0.15, 0.2) is 59.2 Å². The Morgan fingerprint density at radius 1 is 0.962 bits per heavy atom. The van der Waals surface area contributed by atoms with Crippen molar-refractivity contribution in [1.82, 2.24) is 9.91 Å². The zero-order valence-corrected chi connectivity index (χ0v) is 14.9. The highest BCUT2D eigenvalue weighted by Gasteiger charge is 2.41. The van der Waals surface area contributed by atoms with Gasteiger partial charge in [-0.25, -0.2) is 8.78 Å². The molecule has 0 saturated carbocycles. The molecule has 0 unspecified atom stereocenters. The maximum atomic E-state index is 13.3. The van der Waals surface area contributed by atoms with Crippen LogP contribution in [0.2, 0.25) is 0 Å². The quantitative estimate of drug-likeness (QED) is 0.814. The van der Waals surface area contributed by atoms with Gasteiger partial charge >= 0.3 is 0 Å². The molecule has 0 spiro atoms. The molecule has 0 aromatic heterocycles. The highest BCUT2D eigenvalue weighted by molar-refractivity contribution is 6.07. The van der Waals surface area contributed by atoms with E-state index in [4.69, 9.17) is 5.10 Å². The van der Waals surface area contributed by atoms with E-state index in [1.807, 2.05) is 24.2 Å². The number of nitrogens with zero attached hydrogens (tertiary/aromatic N) is 3. The molecule has 0 radical (unpaired) electrons. The Labute approximate surface area is 152 Å². The second kappa shape index (κ2) is 6.65. The summed E-state index contributed by atoms with van der Waals surface area (Å²) in [5.74, 6) is -0.246. The van der Waals surface area contributed by atoms with Crippen molar-refractivity contribution in [2.24, 2.45) is 11.0 Å². The van der Waals surface area contributed by atoms with E-state index in [2.05, 4.69) is 18.0 Å². The molecule has 1 saturated heterocycles. The number of rotatable bonds is 2. The van der Waals surface area contributed by atoms with Crippen molar-refractivity contribution in [3.05, 3.63) is 76.9 Å². The second-order valence-corrected chi connectivity index (χ2v) is 7.08. The number of halogens is 2. The minimum Gasteiger partial charge on any atom is -0.301 e. The molecule has 2 atom stereocenters. The Balaban J connectivity index is 1.68. The van der Waals surface area contributed by atoms with Crippen molar-refractivity contribution < 1.29 is 8.78 Å². The van der Waals surface area contributed by atoms with Crippen molar-refractivity contribution >= 4 is 11.8 Å². The zero-order chi connectivity index (χ0) is 18.3. The van der Waals surface area contributed by atoms with Gasteiger partial charge in [0.15, 0.2) is 0 Å². The minimum absolute atomic E-state index is 0.0879. The number of likely N-dealkylation sites (N-methyl/N-ethyl adjacent to an activating group) is 1. The van der Waals surface area contributed by atoms with Gasteiger partial charge in [-0.3, -0.25) is 5.01 Å². The maximum absolute atomic E-state index is 13.3. The van der Waals surface area contributed by atoms with Crippen LogP contribution in [-0.2, 0) is 0 Å². The molecule has 2 aliphatic rings. The molecule has 4 rings (SSSR count). The number of hydrazone groups is 1. The number of hydrogen-bond acceptors (Lipinski definition) is 3. The molecule has 5 heteroatoms. The predicted molar refractivity (Wildman–Crippen MR) is 99.7 cm³/mol. The molecule has 3 nitrogen and oxygen atoms in total. The Bertz CT molecular complexity index is 856. The first kappa shape index (κ1) is 16.9. The first-order valence-electron chi connectivity index (χ1n) is 8.73. The van der Waals surface area contributed by atoms with Crippen LogP contribution >= 0.6 is 0 Å². The monoisotopic (exact) mass is 353 g/mol. The van der Waals surface area contributed by atoms with E-state index in [0.717, 1.165) is 35.5 Å². The van der Waals surface area contributed by atoms with Gasteiger partial charge < -0.3 is 4.90 Å². The fraction of sp³-hybridized carbons (Fsp3) is 0.286. The lowest BCUT2D eigenvalue weighted by Gasteiger charge is -2.34. The van der Waals surface area contributed by atoms with Crippen molar-refractivity contribution in [2.45, 2.75) is 6.04 Å². The Morgan fingerprint density at radius 2 is 1.58 bits per heavy atom. The van der Waals surface area contributed by atoms with Crippen LogP contribution in [-0.4, -0.2) is 42.8 Å². The highest BCUT2D eigenvalue weighted by atomic mass is 19.1. The van der Waals surface area contributed by atoms with Crippen molar-refractivity contribution in [1.29, 1.82) is 0 Å². The summed E-state index contributed by atoms with van der Waals surface area (Å²) in [5, 5.41) is 6.78. The first-order chi connectivity index (χ1) is 12.5. The predicted octanol–water partition coefficient (Wildman–Crippen LogP) is 3.95. The molecular weight excluding hydrogens is 332 g/mol. The molecule has 0 aliphatic carbocycles. The SMILES string of the molecule is CN1C/C(=C\c2ccc(F)cc2)C2=NN(C)[C@H](c3ccc(F)cc3)[C@H]2C1. The van der Waals surface area contributed by atoms with Gasteiger partial charge in [-0.15, -0.1) is 0 Å². The van der Waals surface area contributed by atoms with Gasteiger partial charge in [0.05, 0.1) is 11.8 Å². The highest BCUT2D eigenvalue weighted by Crippen LogP contribution is 2.39.